The lowest BCUT2D eigenvalue weighted by Crippen LogP contribution is -2.41. The first-order chi connectivity index (χ1) is 6.67. The minimum atomic E-state index is -1.12. The van der Waals surface area contributed by atoms with E-state index in [0.717, 1.165) is 12.0 Å². The molecule has 1 atom stereocenters. The van der Waals surface area contributed by atoms with Gasteiger partial charge in [0.1, 0.15) is 5.60 Å². The fraction of sp³-hybridized carbons (Fsp3) is 0.417. The first-order valence-corrected chi connectivity index (χ1v) is 5.02. The molecule has 0 aromatic heterocycles. The molecule has 0 heterocycles. The van der Waals surface area contributed by atoms with E-state index in [1.54, 1.807) is 6.07 Å². The van der Waals surface area contributed by atoms with Crippen LogP contribution in [-0.4, -0.2) is 16.5 Å². The van der Waals surface area contributed by atoms with Crippen LogP contribution < -0.4 is 0 Å². The maximum absolute atomic E-state index is 11.9. The van der Waals surface area contributed by atoms with Gasteiger partial charge in [-0.2, -0.15) is 0 Å². The zero-order chi connectivity index (χ0) is 10.2. The van der Waals surface area contributed by atoms with Crippen molar-refractivity contribution < 1.29 is 9.90 Å². The van der Waals surface area contributed by atoms with Gasteiger partial charge in [-0.3, -0.25) is 4.79 Å². The number of hydrogen-bond donors (Lipinski definition) is 1. The minimum Gasteiger partial charge on any atom is -0.382 e. The minimum absolute atomic E-state index is 0.109. The van der Waals surface area contributed by atoms with Crippen molar-refractivity contribution in [1.29, 1.82) is 0 Å². The van der Waals surface area contributed by atoms with Crippen LogP contribution in [0.1, 0.15) is 35.7 Å². The number of Topliss-reactive ketones (excluding diaryl/α,β-unsaturated/α-hetero) is 1. The zero-order valence-electron chi connectivity index (χ0n) is 8.29. The van der Waals surface area contributed by atoms with Crippen LogP contribution in [-0.2, 0) is 6.42 Å². The van der Waals surface area contributed by atoms with Crippen LogP contribution in [0.25, 0.3) is 0 Å². The van der Waals surface area contributed by atoms with E-state index < -0.39 is 5.60 Å². The van der Waals surface area contributed by atoms with E-state index in [4.69, 9.17) is 0 Å². The second-order valence-corrected chi connectivity index (χ2v) is 3.87. The summed E-state index contributed by atoms with van der Waals surface area (Å²) in [6, 6.07) is 7.54. The molecule has 0 radical (unpaired) electrons. The monoisotopic (exact) mass is 190 g/mol. The third-order valence-corrected chi connectivity index (χ3v) is 3.08. The summed E-state index contributed by atoms with van der Waals surface area (Å²) < 4.78 is 0. The SMILES string of the molecule is CCC1(O)CCc2ccccc2C1=O. The van der Waals surface area contributed by atoms with Crippen molar-refractivity contribution in [3.8, 4) is 0 Å². The first kappa shape index (κ1) is 9.41. The van der Waals surface area contributed by atoms with E-state index in [2.05, 4.69) is 0 Å². The van der Waals surface area contributed by atoms with Crippen LogP contribution in [0.5, 0.6) is 0 Å². The summed E-state index contributed by atoms with van der Waals surface area (Å²) in [5.74, 6) is -0.109. The van der Waals surface area contributed by atoms with Crippen molar-refractivity contribution in [2.75, 3.05) is 0 Å². The molecule has 0 saturated carbocycles. The summed E-state index contributed by atoms with van der Waals surface area (Å²) in [5.41, 5.74) is 0.646. The maximum Gasteiger partial charge on any atom is 0.194 e. The van der Waals surface area contributed by atoms with Gasteiger partial charge in [-0.15, -0.1) is 0 Å². The van der Waals surface area contributed by atoms with Crippen molar-refractivity contribution in [3.05, 3.63) is 35.4 Å². The van der Waals surface area contributed by atoms with Gasteiger partial charge < -0.3 is 5.11 Å². The fourth-order valence-electron chi connectivity index (χ4n) is 2.00. The van der Waals surface area contributed by atoms with Crippen molar-refractivity contribution in [3.63, 3.8) is 0 Å². The van der Waals surface area contributed by atoms with E-state index in [1.165, 1.54) is 0 Å². The Balaban J connectivity index is 2.46. The standard InChI is InChI=1S/C12H14O2/c1-2-12(14)8-7-9-5-3-4-6-10(9)11(12)13/h3-6,14H,2,7-8H2,1H3. The van der Waals surface area contributed by atoms with E-state index in [-0.39, 0.29) is 5.78 Å². The topological polar surface area (TPSA) is 37.3 Å². The third kappa shape index (κ3) is 1.26. The quantitative estimate of drug-likeness (QED) is 0.735. The highest BCUT2D eigenvalue weighted by Crippen LogP contribution is 2.30. The van der Waals surface area contributed by atoms with Gasteiger partial charge in [-0.1, -0.05) is 31.2 Å². The van der Waals surface area contributed by atoms with Gasteiger partial charge in [0.05, 0.1) is 0 Å². The molecule has 0 amide bonds. The highest BCUT2D eigenvalue weighted by Gasteiger charge is 2.38. The lowest BCUT2D eigenvalue weighted by atomic mass is 9.78. The molecule has 1 aromatic carbocycles. The van der Waals surface area contributed by atoms with Crippen LogP contribution in [0.2, 0.25) is 0 Å². The molecule has 0 fully saturated rings. The molecular weight excluding hydrogens is 176 g/mol. The molecule has 0 saturated heterocycles. The van der Waals surface area contributed by atoms with Gasteiger partial charge in [0.15, 0.2) is 5.78 Å². The molecule has 2 nitrogen and oxygen atoms in total. The average molecular weight is 190 g/mol. The molecule has 0 aliphatic heterocycles. The van der Waals surface area contributed by atoms with E-state index >= 15 is 0 Å². The summed E-state index contributed by atoms with van der Waals surface area (Å²) in [6.07, 6.45) is 1.85. The Hall–Kier alpha value is -1.15. The van der Waals surface area contributed by atoms with Crippen LogP contribution >= 0.6 is 0 Å². The number of aliphatic hydroxyl groups is 1. The van der Waals surface area contributed by atoms with Crippen molar-refractivity contribution in [2.24, 2.45) is 0 Å². The van der Waals surface area contributed by atoms with Gasteiger partial charge in [-0.25, -0.2) is 0 Å². The van der Waals surface area contributed by atoms with Gasteiger partial charge >= 0.3 is 0 Å². The smallest absolute Gasteiger partial charge is 0.194 e. The molecule has 1 unspecified atom stereocenters. The molecule has 1 aliphatic carbocycles. The summed E-state index contributed by atoms with van der Waals surface area (Å²) >= 11 is 0. The van der Waals surface area contributed by atoms with E-state index in [0.29, 0.717) is 18.4 Å². The van der Waals surface area contributed by atoms with Gasteiger partial charge in [0.2, 0.25) is 0 Å². The molecule has 1 aromatic rings. The Morgan fingerprint density at radius 1 is 1.43 bits per heavy atom. The molecule has 14 heavy (non-hydrogen) atoms. The second kappa shape index (κ2) is 3.21. The zero-order valence-corrected chi connectivity index (χ0v) is 8.29. The number of carbonyl (C=O) groups excluding carboxylic acids is 1. The number of fused-ring (bicyclic) bond motifs is 1. The lowest BCUT2D eigenvalue weighted by Gasteiger charge is -2.30. The molecule has 2 heteroatoms. The fourth-order valence-corrected chi connectivity index (χ4v) is 2.00. The Bertz CT molecular complexity index is 370. The largest absolute Gasteiger partial charge is 0.382 e. The van der Waals surface area contributed by atoms with E-state index in [1.807, 2.05) is 25.1 Å². The molecule has 0 spiro atoms. The molecule has 1 aliphatic rings. The predicted octanol–water partition coefficient (Wildman–Crippen LogP) is 1.96. The number of rotatable bonds is 1. The van der Waals surface area contributed by atoms with Gasteiger partial charge in [0.25, 0.3) is 0 Å². The Labute approximate surface area is 83.6 Å². The van der Waals surface area contributed by atoms with Crippen LogP contribution in [0, 0.1) is 0 Å². The molecular formula is C12H14O2. The summed E-state index contributed by atoms with van der Waals surface area (Å²) in [7, 11) is 0. The number of benzene rings is 1. The van der Waals surface area contributed by atoms with Crippen LogP contribution in [0.3, 0.4) is 0 Å². The first-order valence-electron chi connectivity index (χ1n) is 5.02. The number of hydrogen-bond acceptors (Lipinski definition) is 2. The number of carbonyl (C=O) groups is 1. The number of ketones is 1. The molecule has 0 bridgehead atoms. The molecule has 2 rings (SSSR count). The Kier molecular flexibility index (Phi) is 2.16. The molecule has 1 N–H and O–H groups in total. The van der Waals surface area contributed by atoms with Crippen LogP contribution in [0.4, 0.5) is 0 Å². The summed E-state index contributed by atoms with van der Waals surface area (Å²) in [5, 5.41) is 10.0. The number of aryl methyl sites for hydroxylation is 1. The van der Waals surface area contributed by atoms with Crippen molar-refractivity contribution >= 4 is 5.78 Å². The normalized spacial score (nSPS) is 26.0. The Morgan fingerprint density at radius 3 is 2.86 bits per heavy atom. The average Bonchev–Trinajstić information content (AvgIpc) is 2.24. The van der Waals surface area contributed by atoms with Gasteiger partial charge in [-0.05, 0) is 24.8 Å². The predicted molar refractivity (Wildman–Crippen MR) is 54.3 cm³/mol. The van der Waals surface area contributed by atoms with Crippen LogP contribution in [0.15, 0.2) is 24.3 Å². The third-order valence-electron chi connectivity index (χ3n) is 3.08. The highest BCUT2D eigenvalue weighted by atomic mass is 16.3. The summed E-state index contributed by atoms with van der Waals surface area (Å²) in [6.45, 7) is 1.85. The molecule has 74 valence electrons. The lowest BCUT2D eigenvalue weighted by molar-refractivity contribution is 0.0224. The van der Waals surface area contributed by atoms with Crippen molar-refractivity contribution in [1.82, 2.24) is 0 Å². The maximum atomic E-state index is 11.9. The van der Waals surface area contributed by atoms with Gasteiger partial charge in [0, 0.05) is 5.56 Å². The summed E-state index contributed by atoms with van der Waals surface area (Å²) in [4.78, 5) is 11.9. The van der Waals surface area contributed by atoms with Crippen molar-refractivity contribution in [2.45, 2.75) is 31.8 Å². The second-order valence-electron chi connectivity index (χ2n) is 3.87. The highest BCUT2D eigenvalue weighted by molar-refractivity contribution is 6.04. The van der Waals surface area contributed by atoms with E-state index in [9.17, 15) is 9.90 Å². The Morgan fingerprint density at radius 2 is 2.14 bits per heavy atom.